The number of aromatic hydroxyl groups is 1. The van der Waals surface area contributed by atoms with Gasteiger partial charge in [0.2, 0.25) is 0 Å². The van der Waals surface area contributed by atoms with Gasteiger partial charge in [0.05, 0.1) is 32.4 Å². The molecule has 0 aliphatic heterocycles. The molecule has 0 saturated heterocycles. The van der Waals surface area contributed by atoms with E-state index in [4.69, 9.17) is 9.47 Å². The highest BCUT2D eigenvalue weighted by atomic mass is 32.1. The number of phenols is 1. The summed E-state index contributed by atoms with van der Waals surface area (Å²) < 4.78 is 18.5. The van der Waals surface area contributed by atoms with Gasteiger partial charge < -0.3 is 14.6 Å². The molecular weight excluding hydrogens is 328 g/mol. The van der Waals surface area contributed by atoms with Gasteiger partial charge in [-0.15, -0.1) is 0 Å². The number of benzene rings is 2. The van der Waals surface area contributed by atoms with Crippen LogP contribution >= 0.6 is 11.7 Å². The van der Waals surface area contributed by atoms with Crippen LogP contribution in [0.1, 0.15) is 23.5 Å². The average molecular weight is 344 g/mol. The van der Waals surface area contributed by atoms with Gasteiger partial charge in [0.15, 0.2) is 0 Å². The molecule has 1 aromatic heterocycles. The summed E-state index contributed by atoms with van der Waals surface area (Å²) >= 11 is 1.07. The molecule has 7 heteroatoms. The number of rotatable bonds is 5. The zero-order chi connectivity index (χ0) is 17.1. The first-order valence-electron chi connectivity index (χ1n) is 7.29. The third-order valence-corrected chi connectivity index (χ3v) is 4.45. The van der Waals surface area contributed by atoms with Crippen LogP contribution in [0.4, 0.5) is 0 Å². The van der Waals surface area contributed by atoms with Crippen LogP contribution < -0.4 is 4.74 Å². The molecule has 0 saturated carbocycles. The van der Waals surface area contributed by atoms with Crippen molar-refractivity contribution in [3.8, 4) is 11.5 Å². The van der Waals surface area contributed by atoms with E-state index in [0.29, 0.717) is 22.3 Å². The molecule has 3 aromatic rings. The minimum Gasteiger partial charge on any atom is -0.508 e. The van der Waals surface area contributed by atoms with Crippen LogP contribution in [0.2, 0.25) is 0 Å². The molecule has 0 radical (unpaired) electrons. The van der Waals surface area contributed by atoms with Crippen molar-refractivity contribution in [3.05, 3.63) is 47.5 Å². The van der Waals surface area contributed by atoms with E-state index in [9.17, 15) is 9.90 Å². The fourth-order valence-electron chi connectivity index (χ4n) is 2.68. The van der Waals surface area contributed by atoms with Gasteiger partial charge in [-0.05, 0) is 29.8 Å². The molecule has 0 aliphatic carbocycles. The van der Waals surface area contributed by atoms with Crippen molar-refractivity contribution in [2.45, 2.75) is 12.3 Å². The number of carbonyl (C=O) groups excluding carboxylic acids is 1. The number of esters is 1. The maximum atomic E-state index is 11.9. The highest BCUT2D eigenvalue weighted by Crippen LogP contribution is 2.39. The molecule has 6 nitrogen and oxygen atoms in total. The summed E-state index contributed by atoms with van der Waals surface area (Å²) in [7, 11) is 2.94. The molecule has 0 fully saturated rings. The number of hydrogen-bond donors (Lipinski definition) is 1. The summed E-state index contributed by atoms with van der Waals surface area (Å²) in [6.07, 6.45) is 0.0903. The van der Waals surface area contributed by atoms with Crippen LogP contribution in [-0.2, 0) is 9.53 Å². The number of methoxy groups -OCH3 is 2. The van der Waals surface area contributed by atoms with E-state index >= 15 is 0 Å². The third-order valence-electron chi connectivity index (χ3n) is 3.91. The lowest BCUT2D eigenvalue weighted by molar-refractivity contribution is -0.140. The molecule has 24 heavy (non-hydrogen) atoms. The number of carbonyl (C=O) groups is 1. The fourth-order valence-corrected chi connectivity index (χ4v) is 3.23. The van der Waals surface area contributed by atoms with E-state index in [2.05, 4.69) is 8.75 Å². The lowest BCUT2D eigenvalue weighted by atomic mass is 9.87. The van der Waals surface area contributed by atoms with E-state index in [-0.39, 0.29) is 18.1 Å². The first kappa shape index (κ1) is 16.2. The quantitative estimate of drug-likeness (QED) is 0.716. The van der Waals surface area contributed by atoms with Gasteiger partial charge in [0, 0.05) is 11.5 Å². The molecule has 124 valence electrons. The van der Waals surface area contributed by atoms with Crippen LogP contribution in [0, 0.1) is 0 Å². The lowest BCUT2D eigenvalue weighted by Gasteiger charge is -2.18. The number of ether oxygens (including phenoxy) is 2. The largest absolute Gasteiger partial charge is 0.508 e. The smallest absolute Gasteiger partial charge is 0.306 e. The molecule has 0 aliphatic rings. The van der Waals surface area contributed by atoms with Gasteiger partial charge >= 0.3 is 5.97 Å². The summed E-state index contributed by atoms with van der Waals surface area (Å²) in [6, 6.07) is 10.6. The summed E-state index contributed by atoms with van der Waals surface area (Å²) in [5.74, 6) is 0.0413. The van der Waals surface area contributed by atoms with Crippen molar-refractivity contribution < 1.29 is 19.4 Å². The molecule has 3 rings (SSSR count). The van der Waals surface area contributed by atoms with Gasteiger partial charge in [-0.2, -0.15) is 8.75 Å². The Kier molecular flexibility index (Phi) is 4.61. The Morgan fingerprint density at radius 1 is 1.17 bits per heavy atom. The van der Waals surface area contributed by atoms with E-state index in [1.165, 1.54) is 7.11 Å². The summed E-state index contributed by atoms with van der Waals surface area (Å²) in [5.41, 5.74) is 2.73. The topological polar surface area (TPSA) is 81.5 Å². The Morgan fingerprint density at radius 2 is 1.92 bits per heavy atom. The standard InChI is InChI=1S/C17H16N2O4S/c1-22-11-5-3-10(4-6-11)12(9-15(21)23-2)16-14(20)8-7-13-17(16)19-24-18-13/h3-8,12,20H,9H2,1-2H3. The summed E-state index contributed by atoms with van der Waals surface area (Å²) in [4.78, 5) is 11.9. The van der Waals surface area contributed by atoms with Crippen LogP contribution in [0.25, 0.3) is 11.0 Å². The second-order valence-corrected chi connectivity index (χ2v) is 5.76. The predicted molar refractivity (Wildman–Crippen MR) is 90.5 cm³/mol. The van der Waals surface area contributed by atoms with Gasteiger partial charge in [0.25, 0.3) is 0 Å². The van der Waals surface area contributed by atoms with Gasteiger partial charge in [-0.3, -0.25) is 4.79 Å². The predicted octanol–water partition coefficient (Wildman–Crippen LogP) is 3.10. The first-order valence-corrected chi connectivity index (χ1v) is 8.02. The second-order valence-electron chi connectivity index (χ2n) is 5.24. The van der Waals surface area contributed by atoms with Crippen molar-refractivity contribution in [1.29, 1.82) is 0 Å². The van der Waals surface area contributed by atoms with Crippen LogP contribution in [0.15, 0.2) is 36.4 Å². The van der Waals surface area contributed by atoms with E-state index < -0.39 is 5.92 Å². The number of hydrogen-bond acceptors (Lipinski definition) is 7. The Morgan fingerprint density at radius 3 is 2.58 bits per heavy atom. The summed E-state index contributed by atoms with van der Waals surface area (Å²) in [6.45, 7) is 0. The SMILES string of the molecule is COC(=O)CC(c1ccc(OC)cc1)c1c(O)ccc2nsnc12. The third kappa shape index (κ3) is 3.03. The Bertz CT molecular complexity index is 861. The van der Waals surface area contributed by atoms with E-state index in [1.807, 2.05) is 24.3 Å². The molecule has 1 unspecified atom stereocenters. The van der Waals surface area contributed by atoms with Crippen molar-refractivity contribution >= 4 is 28.7 Å². The van der Waals surface area contributed by atoms with Crippen LogP contribution in [-0.4, -0.2) is 34.0 Å². The number of fused-ring (bicyclic) bond motifs is 1. The zero-order valence-corrected chi connectivity index (χ0v) is 14.0. The van der Waals surface area contributed by atoms with Crippen LogP contribution in [0.5, 0.6) is 11.5 Å². The van der Waals surface area contributed by atoms with Gasteiger partial charge in [-0.1, -0.05) is 12.1 Å². The number of nitrogens with zero attached hydrogens (tertiary/aromatic N) is 2. The molecule has 0 amide bonds. The maximum Gasteiger partial charge on any atom is 0.306 e. The second kappa shape index (κ2) is 6.84. The Labute approximate surface area is 143 Å². The van der Waals surface area contributed by atoms with Gasteiger partial charge in [0.1, 0.15) is 22.5 Å². The highest BCUT2D eigenvalue weighted by Gasteiger charge is 2.25. The van der Waals surface area contributed by atoms with E-state index in [1.54, 1.807) is 19.2 Å². The van der Waals surface area contributed by atoms with Crippen LogP contribution in [0.3, 0.4) is 0 Å². The average Bonchev–Trinajstić information content (AvgIpc) is 3.08. The van der Waals surface area contributed by atoms with Crippen molar-refractivity contribution in [2.75, 3.05) is 14.2 Å². The van der Waals surface area contributed by atoms with Crippen molar-refractivity contribution in [2.24, 2.45) is 0 Å². The van der Waals surface area contributed by atoms with Crippen molar-refractivity contribution in [1.82, 2.24) is 8.75 Å². The maximum absolute atomic E-state index is 11.9. The Hall–Kier alpha value is -2.67. The zero-order valence-electron chi connectivity index (χ0n) is 13.2. The number of aromatic nitrogens is 2. The van der Waals surface area contributed by atoms with Crippen molar-refractivity contribution in [3.63, 3.8) is 0 Å². The molecule has 1 atom stereocenters. The Balaban J connectivity index is 2.14. The number of phenolic OH excluding ortho intramolecular Hbond substituents is 1. The molecule has 1 N–H and O–H groups in total. The van der Waals surface area contributed by atoms with Gasteiger partial charge in [-0.25, -0.2) is 0 Å². The minimum absolute atomic E-state index is 0.0833. The first-order chi connectivity index (χ1) is 11.6. The molecule has 0 bridgehead atoms. The highest BCUT2D eigenvalue weighted by molar-refractivity contribution is 7.00. The monoisotopic (exact) mass is 344 g/mol. The molecule has 2 aromatic carbocycles. The normalized spacial score (nSPS) is 12.1. The van der Waals surface area contributed by atoms with E-state index in [0.717, 1.165) is 17.3 Å². The molecule has 1 heterocycles. The summed E-state index contributed by atoms with van der Waals surface area (Å²) in [5, 5.41) is 10.4. The molecular formula is C17H16N2O4S. The minimum atomic E-state index is -0.393. The molecule has 0 spiro atoms. The lowest BCUT2D eigenvalue weighted by Crippen LogP contribution is -2.11. The fraction of sp³-hybridized carbons (Fsp3) is 0.235.